The monoisotopic (exact) mass is 368 g/mol. The number of aryl methyl sites for hydroxylation is 1. The van der Waals surface area contributed by atoms with Gasteiger partial charge in [-0.1, -0.05) is 12.1 Å². The summed E-state index contributed by atoms with van der Waals surface area (Å²) in [6.45, 7) is 3.38. The standard InChI is InChI=1S/C21H24N2O4/c1-15-4-2-6-19(12-15)27-18-9-7-17(8-10-18)22-20(24)14-23-11-3-5-16(13-23)21(25)26/h2,4,6-10,12,16H,3,5,11,13-14H2,1H3,(H,22,24)(H,25,26). The van der Waals surface area contributed by atoms with E-state index in [4.69, 9.17) is 9.84 Å². The number of nitrogens with one attached hydrogen (secondary N) is 1. The van der Waals surface area contributed by atoms with E-state index in [2.05, 4.69) is 5.32 Å². The van der Waals surface area contributed by atoms with E-state index in [1.807, 2.05) is 36.1 Å². The number of piperidine rings is 1. The molecule has 0 aliphatic carbocycles. The zero-order valence-electron chi connectivity index (χ0n) is 15.4. The summed E-state index contributed by atoms with van der Waals surface area (Å²) >= 11 is 0. The third kappa shape index (κ3) is 5.56. The first-order valence-electron chi connectivity index (χ1n) is 9.09. The molecule has 1 aliphatic rings. The van der Waals surface area contributed by atoms with Gasteiger partial charge in [-0.25, -0.2) is 0 Å². The van der Waals surface area contributed by atoms with Crippen molar-refractivity contribution in [2.45, 2.75) is 19.8 Å². The minimum Gasteiger partial charge on any atom is -0.481 e. The number of ether oxygens (including phenoxy) is 1. The molecule has 1 aliphatic heterocycles. The molecule has 2 aromatic rings. The minimum absolute atomic E-state index is 0.145. The van der Waals surface area contributed by atoms with E-state index >= 15 is 0 Å². The van der Waals surface area contributed by atoms with Crippen LogP contribution in [0.3, 0.4) is 0 Å². The first-order chi connectivity index (χ1) is 13.0. The quantitative estimate of drug-likeness (QED) is 0.816. The van der Waals surface area contributed by atoms with Gasteiger partial charge in [-0.3, -0.25) is 14.5 Å². The van der Waals surface area contributed by atoms with Crippen LogP contribution in [0.25, 0.3) is 0 Å². The SMILES string of the molecule is Cc1cccc(Oc2ccc(NC(=O)CN3CCCC(C(=O)O)C3)cc2)c1. The summed E-state index contributed by atoms with van der Waals surface area (Å²) in [5, 5.41) is 12.0. The fourth-order valence-corrected chi connectivity index (χ4v) is 3.23. The first-order valence-corrected chi connectivity index (χ1v) is 9.09. The van der Waals surface area contributed by atoms with Gasteiger partial charge in [0.15, 0.2) is 0 Å². The molecule has 1 heterocycles. The molecule has 3 rings (SSSR count). The first kappa shape index (κ1) is 18.9. The normalized spacial score (nSPS) is 17.3. The Morgan fingerprint density at radius 2 is 1.96 bits per heavy atom. The fraction of sp³-hybridized carbons (Fsp3) is 0.333. The van der Waals surface area contributed by atoms with Crippen molar-refractivity contribution in [3.05, 3.63) is 54.1 Å². The van der Waals surface area contributed by atoms with Crippen molar-refractivity contribution in [3.8, 4) is 11.5 Å². The molecule has 1 unspecified atom stereocenters. The lowest BCUT2D eigenvalue weighted by atomic mass is 9.98. The number of anilines is 1. The summed E-state index contributed by atoms with van der Waals surface area (Å²) in [6.07, 6.45) is 1.48. The number of nitrogens with zero attached hydrogens (tertiary/aromatic N) is 1. The van der Waals surface area contributed by atoms with Crippen LogP contribution in [0.4, 0.5) is 5.69 Å². The Morgan fingerprint density at radius 1 is 1.19 bits per heavy atom. The van der Waals surface area contributed by atoms with Crippen molar-refractivity contribution in [1.82, 2.24) is 4.90 Å². The van der Waals surface area contributed by atoms with E-state index in [1.165, 1.54) is 0 Å². The molecule has 2 aromatic carbocycles. The molecular formula is C21H24N2O4. The van der Waals surface area contributed by atoms with Crippen molar-refractivity contribution >= 4 is 17.6 Å². The van der Waals surface area contributed by atoms with E-state index in [9.17, 15) is 9.59 Å². The van der Waals surface area contributed by atoms with Gasteiger partial charge in [-0.05, 0) is 68.3 Å². The summed E-state index contributed by atoms with van der Waals surface area (Å²) in [5.74, 6) is 0.145. The van der Waals surface area contributed by atoms with Gasteiger partial charge in [0.05, 0.1) is 12.5 Å². The van der Waals surface area contributed by atoms with E-state index in [0.717, 1.165) is 24.3 Å². The minimum atomic E-state index is -0.788. The Hall–Kier alpha value is -2.86. The van der Waals surface area contributed by atoms with Crippen molar-refractivity contribution in [2.75, 3.05) is 25.0 Å². The summed E-state index contributed by atoms with van der Waals surface area (Å²) < 4.78 is 5.80. The molecule has 27 heavy (non-hydrogen) atoms. The topological polar surface area (TPSA) is 78.9 Å². The zero-order chi connectivity index (χ0) is 19.2. The second kappa shape index (κ2) is 8.68. The van der Waals surface area contributed by atoms with Crippen molar-refractivity contribution < 1.29 is 19.4 Å². The van der Waals surface area contributed by atoms with Gasteiger partial charge in [0.25, 0.3) is 0 Å². The second-order valence-corrected chi connectivity index (χ2v) is 6.90. The lowest BCUT2D eigenvalue weighted by molar-refractivity contribution is -0.144. The average Bonchev–Trinajstić information content (AvgIpc) is 2.63. The largest absolute Gasteiger partial charge is 0.481 e. The predicted molar refractivity (Wildman–Crippen MR) is 103 cm³/mol. The summed E-state index contributed by atoms with van der Waals surface area (Å²) in [5.41, 5.74) is 1.81. The van der Waals surface area contributed by atoms with Crippen LogP contribution in [-0.4, -0.2) is 41.5 Å². The number of aliphatic carboxylic acids is 1. The van der Waals surface area contributed by atoms with Gasteiger partial charge in [0.2, 0.25) is 5.91 Å². The molecule has 0 aromatic heterocycles. The molecule has 6 heteroatoms. The van der Waals surface area contributed by atoms with E-state index in [0.29, 0.717) is 24.4 Å². The third-order valence-corrected chi connectivity index (χ3v) is 4.59. The molecule has 1 amide bonds. The number of amides is 1. The van der Waals surface area contributed by atoms with Gasteiger partial charge in [-0.2, -0.15) is 0 Å². The van der Waals surface area contributed by atoms with Crippen molar-refractivity contribution in [1.29, 1.82) is 0 Å². The second-order valence-electron chi connectivity index (χ2n) is 6.90. The number of carbonyl (C=O) groups is 2. The number of hydrogen-bond donors (Lipinski definition) is 2. The van der Waals surface area contributed by atoms with Gasteiger partial charge < -0.3 is 15.2 Å². The van der Waals surface area contributed by atoms with Gasteiger partial charge in [0, 0.05) is 12.2 Å². The molecule has 2 N–H and O–H groups in total. The molecule has 142 valence electrons. The van der Waals surface area contributed by atoms with Crippen LogP contribution in [0.15, 0.2) is 48.5 Å². The molecule has 1 saturated heterocycles. The molecule has 1 fully saturated rings. The zero-order valence-corrected chi connectivity index (χ0v) is 15.4. The maximum absolute atomic E-state index is 12.2. The Kier molecular flexibility index (Phi) is 6.08. The summed E-state index contributed by atoms with van der Waals surface area (Å²) in [6, 6.07) is 15.0. The van der Waals surface area contributed by atoms with Crippen LogP contribution < -0.4 is 10.1 Å². The summed E-state index contributed by atoms with van der Waals surface area (Å²) in [4.78, 5) is 25.3. The van der Waals surface area contributed by atoms with Crippen LogP contribution in [0, 0.1) is 12.8 Å². The van der Waals surface area contributed by atoms with Crippen LogP contribution >= 0.6 is 0 Å². The Balaban J connectivity index is 1.51. The highest BCUT2D eigenvalue weighted by molar-refractivity contribution is 5.92. The average molecular weight is 368 g/mol. The van der Waals surface area contributed by atoms with Crippen molar-refractivity contribution in [3.63, 3.8) is 0 Å². The number of carboxylic acid groups (broad SMARTS) is 1. The maximum atomic E-state index is 12.2. The van der Waals surface area contributed by atoms with Crippen LogP contribution in [0.2, 0.25) is 0 Å². The Morgan fingerprint density at radius 3 is 2.67 bits per heavy atom. The molecular weight excluding hydrogens is 344 g/mol. The molecule has 0 bridgehead atoms. The van der Waals surface area contributed by atoms with E-state index in [-0.39, 0.29) is 18.4 Å². The van der Waals surface area contributed by atoms with Crippen LogP contribution in [-0.2, 0) is 9.59 Å². The van der Waals surface area contributed by atoms with E-state index in [1.54, 1.807) is 24.3 Å². The van der Waals surface area contributed by atoms with Crippen LogP contribution in [0.5, 0.6) is 11.5 Å². The molecule has 6 nitrogen and oxygen atoms in total. The van der Waals surface area contributed by atoms with Crippen LogP contribution in [0.1, 0.15) is 18.4 Å². The summed E-state index contributed by atoms with van der Waals surface area (Å²) in [7, 11) is 0. The highest BCUT2D eigenvalue weighted by Crippen LogP contribution is 2.24. The third-order valence-electron chi connectivity index (χ3n) is 4.59. The maximum Gasteiger partial charge on any atom is 0.307 e. The highest BCUT2D eigenvalue weighted by Gasteiger charge is 2.26. The van der Waals surface area contributed by atoms with Crippen molar-refractivity contribution in [2.24, 2.45) is 5.92 Å². The van der Waals surface area contributed by atoms with Gasteiger partial charge >= 0.3 is 5.97 Å². The molecule has 0 radical (unpaired) electrons. The number of likely N-dealkylation sites (tertiary alicyclic amines) is 1. The Labute approximate surface area is 158 Å². The smallest absolute Gasteiger partial charge is 0.307 e. The van der Waals surface area contributed by atoms with Gasteiger partial charge in [0.1, 0.15) is 11.5 Å². The highest BCUT2D eigenvalue weighted by atomic mass is 16.5. The fourth-order valence-electron chi connectivity index (χ4n) is 3.23. The lowest BCUT2D eigenvalue weighted by Gasteiger charge is -2.29. The number of benzene rings is 2. The lowest BCUT2D eigenvalue weighted by Crippen LogP contribution is -2.42. The van der Waals surface area contributed by atoms with E-state index < -0.39 is 5.97 Å². The Bertz CT molecular complexity index is 804. The van der Waals surface area contributed by atoms with Gasteiger partial charge in [-0.15, -0.1) is 0 Å². The molecule has 1 atom stereocenters. The predicted octanol–water partition coefficient (Wildman–Crippen LogP) is 3.52. The number of hydrogen-bond acceptors (Lipinski definition) is 4. The molecule has 0 spiro atoms. The molecule has 0 saturated carbocycles. The number of rotatable bonds is 6. The number of carboxylic acids is 1. The number of carbonyl (C=O) groups excluding carboxylic acids is 1.